The van der Waals surface area contributed by atoms with Gasteiger partial charge in [-0.05, 0) is 6.42 Å². The fourth-order valence-corrected chi connectivity index (χ4v) is 4.63. The number of rotatable bonds is 2. The lowest BCUT2D eigenvalue weighted by Gasteiger charge is -2.35. The molecule has 0 radical (unpaired) electrons. The van der Waals surface area contributed by atoms with Crippen LogP contribution >= 0.6 is 46.4 Å². The Balaban J connectivity index is 2.58. The molecular weight excluding hydrogens is 338 g/mol. The minimum atomic E-state index is -1.78. The zero-order valence-electron chi connectivity index (χ0n) is 9.70. The molecule has 1 N–H and O–H groups in total. The van der Waals surface area contributed by atoms with E-state index in [2.05, 4.69) is 4.74 Å². The summed E-state index contributed by atoms with van der Waals surface area (Å²) in [6.45, 7) is 0. The van der Waals surface area contributed by atoms with Crippen molar-refractivity contribution in [3.05, 3.63) is 10.1 Å². The van der Waals surface area contributed by atoms with E-state index in [4.69, 9.17) is 46.4 Å². The number of hydrogen-bond acceptors (Lipinski definition) is 3. The third kappa shape index (κ3) is 1.96. The second kappa shape index (κ2) is 4.99. The molecule has 19 heavy (non-hydrogen) atoms. The van der Waals surface area contributed by atoms with Gasteiger partial charge in [-0.3, -0.25) is 4.79 Å². The molecule has 0 aromatic heterocycles. The van der Waals surface area contributed by atoms with E-state index >= 15 is 0 Å². The molecule has 0 aromatic carbocycles. The van der Waals surface area contributed by atoms with Crippen molar-refractivity contribution < 1.29 is 19.4 Å². The molecular formula is C11H10Cl4O4. The lowest BCUT2D eigenvalue weighted by Crippen LogP contribution is -2.47. The van der Waals surface area contributed by atoms with Crippen molar-refractivity contribution in [2.24, 2.45) is 17.8 Å². The number of carbonyl (C=O) groups excluding carboxylic acids is 1. The molecule has 2 bridgehead atoms. The molecule has 5 atom stereocenters. The number of ether oxygens (including phenoxy) is 1. The molecule has 0 unspecified atom stereocenters. The SMILES string of the molecule is COC(=O)[C@@]1(Cl)C(Cl)=C(Cl)[C@@H]2C[C@H]1[C@H](C(=O)O)[C@H]2Cl. The molecule has 0 spiro atoms. The number of halogens is 4. The standard InChI is InChI=1S/C11H10Cl4O4/c1-19-10(18)11(15)4-2-3(7(13)8(11)14)6(12)5(4)9(16)17/h3-6H,2H2,1H3,(H,16,17)/t3-,4+,5+,6+,11+/m1/s1. The Morgan fingerprint density at radius 2 is 2.00 bits per heavy atom. The predicted molar refractivity (Wildman–Crippen MR) is 71.7 cm³/mol. The lowest BCUT2D eigenvalue weighted by atomic mass is 9.80. The van der Waals surface area contributed by atoms with Gasteiger partial charge in [0.2, 0.25) is 0 Å². The predicted octanol–water partition coefficient (Wildman–Crippen LogP) is 2.78. The van der Waals surface area contributed by atoms with E-state index in [9.17, 15) is 14.7 Å². The van der Waals surface area contributed by atoms with Crippen LogP contribution in [0.4, 0.5) is 0 Å². The number of hydrogen-bond donors (Lipinski definition) is 1. The minimum absolute atomic E-state index is 0.0849. The van der Waals surface area contributed by atoms with E-state index in [0.717, 1.165) is 7.11 Å². The Morgan fingerprint density at radius 3 is 2.47 bits per heavy atom. The van der Waals surface area contributed by atoms with E-state index in [1.165, 1.54) is 0 Å². The molecule has 0 aliphatic heterocycles. The number of methoxy groups -OCH3 is 1. The number of esters is 1. The number of fused-ring (bicyclic) bond motifs is 2. The zero-order chi connectivity index (χ0) is 14.5. The molecule has 0 heterocycles. The average molecular weight is 348 g/mol. The largest absolute Gasteiger partial charge is 0.481 e. The maximum atomic E-state index is 11.9. The summed E-state index contributed by atoms with van der Waals surface area (Å²) in [6.07, 6.45) is 0.290. The molecule has 8 heteroatoms. The summed E-state index contributed by atoms with van der Waals surface area (Å²) in [6, 6.07) is 0. The van der Waals surface area contributed by atoms with Gasteiger partial charge in [-0.15, -0.1) is 23.2 Å². The number of carboxylic acids is 1. The molecule has 0 saturated heterocycles. The molecule has 2 rings (SSSR count). The van der Waals surface area contributed by atoms with E-state index in [1.54, 1.807) is 0 Å². The van der Waals surface area contributed by atoms with Crippen molar-refractivity contribution in [1.82, 2.24) is 0 Å². The molecule has 0 amide bonds. The molecule has 1 fully saturated rings. The third-order valence-electron chi connectivity index (χ3n) is 3.80. The first-order valence-electron chi connectivity index (χ1n) is 5.46. The first-order chi connectivity index (χ1) is 8.76. The van der Waals surface area contributed by atoms with E-state index in [-0.39, 0.29) is 10.1 Å². The molecule has 2 aliphatic carbocycles. The van der Waals surface area contributed by atoms with Gasteiger partial charge >= 0.3 is 11.9 Å². The topological polar surface area (TPSA) is 63.6 Å². The maximum absolute atomic E-state index is 11.9. The van der Waals surface area contributed by atoms with E-state index in [1.807, 2.05) is 0 Å². The highest BCUT2D eigenvalue weighted by Gasteiger charge is 2.64. The van der Waals surface area contributed by atoms with Crippen LogP contribution in [0.3, 0.4) is 0 Å². The maximum Gasteiger partial charge on any atom is 0.332 e. The number of carbonyl (C=O) groups is 2. The molecule has 4 nitrogen and oxygen atoms in total. The van der Waals surface area contributed by atoms with Crippen LogP contribution in [0, 0.1) is 17.8 Å². The number of allylic oxidation sites excluding steroid dienone is 1. The first-order valence-corrected chi connectivity index (χ1v) is 7.03. The van der Waals surface area contributed by atoms with Gasteiger partial charge in [-0.1, -0.05) is 23.2 Å². The van der Waals surface area contributed by atoms with E-state index < -0.39 is 39.9 Å². The summed E-state index contributed by atoms with van der Waals surface area (Å²) in [5, 5.41) is 8.59. The van der Waals surface area contributed by atoms with Crippen LogP contribution in [-0.4, -0.2) is 34.4 Å². The van der Waals surface area contributed by atoms with Crippen LogP contribution in [0.15, 0.2) is 10.1 Å². The van der Waals surface area contributed by atoms with Crippen LogP contribution < -0.4 is 0 Å². The highest BCUT2D eigenvalue weighted by Crippen LogP contribution is 2.59. The van der Waals surface area contributed by atoms with Crippen LogP contribution in [-0.2, 0) is 14.3 Å². The summed E-state index contributed by atoms with van der Waals surface area (Å²) < 4.78 is 4.64. The summed E-state index contributed by atoms with van der Waals surface area (Å²) in [5.41, 5.74) is 0. The summed E-state index contributed by atoms with van der Waals surface area (Å²) in [5.74, 6) is -4.11. The molecule has 1 saturated carbocycles. The fourth-order valence-electron chi connectivity index (χ4n) is 2.87. The quantitative estimate of drug-likeness (QED) is 0.616. The Bertz CT molecular complexity index is 477. The zero-order valence-corrected chi connectivity index (χ0v) is 12.7. The van der Waals surface area contributed by atoms with Gasteiger partial charge in [-0.25, -0.2) is 4.79 Å². The highest BCUT2D eigenvalue weighted by molar-refractivity contribution is 6.50. The van der Waals surface area contributed by atoms with Crippen LogP contribution in [0.2, 0.25) is 0 Å². The number of aliphatic carboxylic acids is 1. The number of carboxylic acid groups (broad SMARTS) is 1. The van der Waals surface area contributed by atoms with Gasteiger partial charge in [0, 0.05) is 16.9 Å². The second-order valence-electron chi connectivity index (χ2n) is 4.62. The van der Waals surface area contributed by atoms with Crippen LogP contribution in [0.5, 0.6) is 0 Å². The molecule has 2 aliphatic rings. The van der Waals surface area contributed by atoms with Crippen molar-refractivity contribution >= 4 is 58.3 Å². The first kappa shape index (κ1) is 15.2. The normalized spacial score (nSPS) is 41.3. The monoisotopic (exact) mass is 346 g/mol. The second-order valence-corrected chi connectivity index (χ2v) is 6.51. The summed E-state index contributed by atoms with van der Waals surface area (Å²) >= 11 is 24.6. The van der Waals surface area contributed by atoms with Gasteiger partial charge in [0.25, 0.3) is 0 Å². The van der Waals surface area contributed by atoms with Crippen molar-refractivity contribution in [2.75, 3.05) is 7.11 Å². The van der Waals surface area contributed by atoms with Gasteiger partial charge in [0.15, 0.2) is 4.87 Å². The third-order valence-corrected chi connectivity index (χ3v) is 6.17. The van der Waals surface area contributed by atoms with Crippen LogP contribution in [0.1, 0.15) is 6.42 Å². The average Bonchev–Trinajstić information content (AvgIpc) is 2.69. The highest BCUT2D eigenvalue weighted by atomic mass is 35.5. The van der Waals surface area contributed by atoms with Gasteiger partial charge in [0.05, 0.1) is 23.4 Å². The fraction of sp³-hybridized carbons (Fsp3) is 0.636. The van der Waals surface area contributed by atoms with E-state index in [0.29, 0.717) is 6.42 Å². The van der Waals surface area contributed by atoms with Gasteiger partial charge in [-0.2, -0.15) is 0 Å². The van der Waals surface area contributed by atoms with Gasteiger partial charge in [0.1, 0.15) is 0 Å². The Labute approximate surface area is 129 Å². The van der Waals surface area contributed by atoms with Crippen molar-refractivity contribution in [1.29, 1.82) is 0 Å². The minimum Gasteiger partial charge on any atom is -0.481 e. The summed E-state index contributed by atoms with van der Waals surface area (Å²) in [4.78, 5) is 21.5. The molecule has 0 aromatic rings. The Kier molecular flexibility index (Phi) is 4.00. The Morgan fingerprint density at radius 1 is 1.42 bits per heavy atom. The smallest absolute Gasteiger partial charge is 0.332 e. The van der Waals surface area contributed by atoms with Crippen molar-refractivity contribution in [3.63, 3.8) is 0 Å². The van der Waals surface area contributed by atoms with Crippen LogP contribution in [0.25, 0.3) is 0 Å². The lowest BCUT2D eigenvalue weighted by molar-refractivity contribution is -0.147. The summed E-state index contributed by atoms with van der Waals surface area (Å²) in [7, 11) is 1.15. The van der Waals surface area contributed by atoms with Crippen molar-refractivity contribution in [2.45, 2.75) is 16.7 Å². The van der Waals surface area contributed by atoms with Crippen molar-refractivity contribution in [3.8, 4) is 0 Å². The molecule has 106 valence electrons. The van der Waals surface area contributed by atoms with Gasteiger partial charge < -0.3 is 9.84 Å². The Hall–Kier alpha value is -0.160. The number of alkyl halides is 2.